The molecule has 0 unspecified atom stereocenters. The summed E-state index contributed by atoms with van der Waals surface area (Å²) in [6, 6.07) is 7.00. The van der Waals surface area contributed by atoms with Crippen LogP contribution in [0.15, 0.2) is 30.5 Å². The lowest BCUT2D eigenvalue weighted by molar-refractivity contribution is 0.00986. The van der Waals surface area contributed by atoms with Gasteiger partial charge in [-0.25, -0.2) is 0 Å². The van der Waals surface area contributed by atoms with E-state index in [1.54, 1.807) is 7.11 Å². The average Bonchev–Trinajstić information content (AvgIpc) is 2.85. The lowest BCUT2D eigenvalue weighted by atomic mass is 9.79. The smallest absolute Gasteiger partial charge is 0.0963 e. The normalized spacial score (nSPS) is 29.4. The van der Waals surface area contributed by atoms with Gasteiger partial charge < -0.3 is 9.72 Å². The summed E-state index contributed by atoms with van der Waals surface area (Å²) in [5.41, 5.74) is 5.26. The molecule has 0 spiro atoms. The predicted octanol–water partition coefficient (Wildman–Crippen LogP) is 2.83. The minimum atomic E-state index is -0.198. The van der Waals surface area contributed by atoms with E-state index in [-0.39, 0.29) is 5.60 Å². The molecule has 2 atom stereocenters. The molecule has 1 aromatic carbocycles. The molecule has 2 aromatic rings. The molecule has 0 fully saturated rings. The first-order chi connectivity index (χ1) is 9.61. The lowest BCUT2D eigenvalue weighted by Crippen LogP contribution is -2.50. The van der Waals surface area contributed by atoms with Crippen LogP contribution in [0.25, 0.3) is 16.5 Å². The Morgan fingerprint density at radius 1 is 1.40 bits per heavy atom. The van der Waals surface area contributed by atoms with Crippen molar-refractivity contribution in [2.45, 2.75) is 25.0 Å². The van der Waals surface area contributed by atoms with Crippen molar-refractivity contribution in [1.82, 2.24) is 9.88 Å². The van der Waals surface area contributed by atoms with E-state index >= 15 is 0 Å². The van der Waals surface area contributed by atoms with Crippen molar-refractivity contribution in [1.29, 1.82) is 0 Å². The van der Waals surface area contributed by atoms with Crippen LogP contribution in [-0.4, -0.2) is 42.2 Å². The van der Waals surface area contributed by atoms with Gasteiger partial charge in [0.2, 0.25) is 0 Å². The van der Waals surface area contributed by atoms with Gasteiger partial charge in [0.25, 0.3) is 0 Å². The third kappa shape index (κ3) is 1.54. The fourth-order valence-corrected chi connectivity index (χ4v) is 3.83. The second-order valence-electron chi connectivity index (χ2n) is 6.29. The fraction of sp³-hybridized carbons (Fsp3) is 0.412. The molecule has 104 valence electrons. The number of methoxy groups -OCH3 is 1. The molecule has 2 heterocycles. The van der Waals surface area contributed by atoms with E-state index in [1.165, 1.54) is 27.6 Å². The number of fused-ring (bicyclic) bond motifs is 2. The number of likely N-dealkylation sites (N-methyl/N-ethyl adjacent to an activating group) is 1. The molecule has 1 aliphatic heterocycles. The molecule has 1 aromatic heterocycles. The molecule has 0 saturated heterocycles. The Hall–Kier alpha value is -1.58. The fourth-order valence-electron chi connectivity index (χ4n) is 3.83. The van der Waals surface area contributed by atoms with E-state index in [2.05, 4.69) is 54.3 Å². The van der Waals surface area contributed by atoms with Crippen LogP contribution in [-0.2, 0) is 11.2 Å². The maximum Gasteiger partial charge on any atom is 0.0963 e. The van der Waals surface area contributed by atoms with Gasteiger partial charge in [-0.2, -0.15) is 0 Å². The van der Waals surface area contributed by atoms with Crippen molar-refractivity contribution in [3.05, 3.63) is 41.6 Å². The molecule has 1 N–H and O–H groups in total. The van der Waals surface area contributed by atoms with Crippen LogP contribution in [0.2, 0.25) is 0 Å². The highest BCUT2D eigenvalue weighted by atomic mass is 16.5. The number of rotatable bonds is 1. The second-order valence-corrected chi connectivity index (χ2v) is 6.29. The summed E-state index contributed by atoms with van der Waals surface area (Å²) < 4.78 is 5.74. The standard InChI is InChI=1S/C17H20N2O/c1-17(20-3)8-13-12-5-4-6-14-16(12)11(9-18-14)7-15(13)19(2)10-17/h4-6,8-9,15,18H,7,10H2,1-3H3/t15-,17+/m0/s1. The van der Waals surface area contributed by atoms with Gasteiger partial charge in [-0.3, -0.25) is 4.90 Å². The Kier molecular flexibility index (Phi) is 2.41. The van der Waals surface area contributed by atoms with Gasteiger partial charge in [0.1, 0.15) is 0 Å². The summed E-state index contributed by atoms with van der Waals surface area (Å²) in [5.74, 6) is 0. The van der Waals surface area contributed by atoms with Crippen LogP contribution in [0.4, 0.5) is 0 Å². The molecule has 3 heteroatoms. The average molecular weight is 268 g/mol. The maximum atomic E-state index is 5.74. The highest BCUT2D eigenvalue weighted by Gasteiger charge is 2.38. The first-order valence-corrected chi connectivity index (χ1v) is 7.19. The Bertz CT molecular complexity index is 715. The van der Waals surface area contributed by atoms with Gasteiger partial charge in [0, 0.05) is 36.8 Å². The highest BCUT2D eigenvalue weighted by molar-refractivity contribution is 5.98. The number of benzene rings is 1. The zero-order chi connectivity index (χ0) is 13.9. The third-order valence-electron chi connectivity index (χ3n) is 4.89. The van der Waals surface area contributed by atoms with E-state index in [1.807, 2.05) is 0 Å². The van der Waals surface area contributed by atoms with Crippen molar-refractivity contribution in [3.8, 4) is 0 Å². The predicted molar refractivity (Wildman–Crippen MR) is 81.8 cm³/mol. The van der Waals surface area contributed by atoms with E-state index in [0.717, 1.165) is 13.0 Å². The van der Waals surface area contributed by atoms with E-state index in [9.17, 15) is 0 Å². The van der Waals surface area contributed by atoms with Crippen molar-refractivity contribution in [2.24, 2.45) is 0 Å². The number of hydrogen-bond acceptors (Lipinski definition) is 2. The van der Waals surface area contributed by atoms with Crippen molar-refractivity contribution in [2.75, 3.05) is 20.7 Å². The Morgan fingerprint density at radius 2 is 2.25 bits per heavy atom. The van der Waals surface area contributed by atoms with Crippen LogP contribution < -0.4 is 0 Å². The summed E-state index contributed by atoms with van der Waals surface area (Å²) in [4.78, 5) is 5.83. The molecule has 4 rings (SSSR count). The molecular formula is C17H20N2O. The minimum absolute atomic E-state index is 0.198. The summed E-state index contributed by atoms with van der Waals surface area (Å²) in [6.45, 7) is 3.10. The quantitative estimate of drug-likeness (QED) is 0.861. The van der Waals surface area contributed by atoms with Crippen molar-refractivity contribution < 1.29 is 4.74 Å². The number of H-pyrrole nitrogens is 1. The van der Waals surface area contributed by atoms with Gasteiger partial charge in [0.05, 0.1) is 5.60 Å². The zero-order valence-corrected chi connectivity index (χ0v) is 12.2. The summed E-state index contributed by atoms with van der Waals surface area (Å²) >= 11 is 0. The monoisotopic (exact) mass is 268 g/mol. The first-order valence-electron chi connectivity index (χ1n) is 7.19. The van der Waals surface area contributed by atoms with Gasteiger partial charge >= 0.3 is 0 Å². The molecule has 1 aliphatic carbocycles. The highest BCUT2D eigenvalue weighted by Crippen LogP contribution is 2.41. The lowest BCUT2D eigenvalue weighted by Gasteiger charge is -2.43. The SMILES string of the molecule is CO[C@]1(C)C=C2c3cccc4[nH]cc(c34)C[C@@H]2N(C)C1. The topological polar surface area (TPSA) is 28.3 Å². The second kappa shape index (κ2) is 3.96. The van der Waals surface area contributed by atoms with Crippen LogP contribution in [0, 0.1) is 0 Å². The molecule has 0 radical (unpaired) electrons. The number of aromatic amines is 1. The number of nitrogens with one attached hydrogen (secondary N) is 1. The van der Waals surface area contributed by atoms with Gasteiger partial charge in [0.15, 0.2) is 0 Å². The number of nitrogens with zero attached hydrogens (tertiary/aromatic N) is 1. The van der Waals surface area contributed by atoms with E-state index < -0.39 is 0 Å². The first kappa shape index (κ1) is 12.2. The summed E-state index contributed by atoms with van der Waals surface area (Å²) in [6.07, 6.45) is 5.59. The molecule has 3 nitrogen and oxygen atoms in total. The largest absolute Gasteiger partial charge is 0.373 e. The maximum absolute atomic E-state index is 5.74. The minimum Gasteiger partial charge on any atom is -0.373 e. The summed E-state index contributed by atoms with van der Waals surface area (Å²) in [7, 11) is 4.00. The number of ether oxygens (including phenoxy) is 1. The molecule has 0 amide bonds. The number of hydrogen-bond donors (Lipinski definition) is 1. The van der Waals surface area contributed by atoms with E-state index in [4.69, 9.17) is 4.74 Å². The Morgan fingerprint density at radius 3 is 3.05 bits per heavy atom. The Labute approximate surface area is 119 Å². The third-order valence-corrected chi connectivity index (χ3v) is 4.89. The number of aromatic nitrogens is 1. The van der Waals surface area contributed by atoms with Gasteiger partial charge in [-0.1, -0.05) is 12.1 Å². The van der Waals surface area contributed by atoms with Crippen molar-refractivity contribution >= 4 is 16.5 Å². The zero-order valence-electron chi connectivity index (χ0n) is 12.2. The van der Waals surface area contributed by atoms with Crippen LogP contribution in [0.1, 0.15) is 18.1 Å². The van der Waals surface area contributed by atoms with Gasteiger partial charge in [-0.15, -0.1) is 0 Å². The molecular weight excluding hydrogens is 248 g/mol. The van der Waals surface area contributed by atoms with Crippen molar-refractivity contribution in [3.63, 3.8) is 0 Å². The van der Waals surface area contributed by atoms with Crippen LogP contribution in [0.3, 0.4) is 0 Å². The Balaban J connectivity index is 1.99. The van der Waals surface area contributed by atoms with Crippen LogP contribution in [0.5, 0.6) is 0 Å². The molecule has 2 aliphatic rings. The molecule has 0 saturated carbocycles. The van der Waals surface area contributed by atoms with E-state index in [0.29, 0.717) is 6.04 Å². The molecule has 20 heavy (non-hydrogen) atoms. The molecule has 0 bridgehead atoms. The summed E-state index contributed by atoms with van der Waals surface area (Å²) in [5, 5.41) is 1.39. The van der Waals surface area contributed by atoms with Crippen LogP contribution >= 0.6 is 0 Å². The van der Waals surface area contributed by atoms with Gasteiger partial charge in [-0.05, 0) is 49.2 Å².